The first kappa shape index (κ1) is 66.8. The maximum atomic E-state index is 11.7. The van der Waals surface area contributed by atoms with Gasteiger partial charge in [0.05, 0.1) is 37.6 Å². The highest BCUT2D eigenvalue weighted by atomic mass is 28.4. The molecule has 1 N–H and O–H groups in total. The molecule has 398 valence electrons. The van der Waals surface area contributed by atoms with Crippen molar-refractivity contribution in [2.24, 2.45) is 35.5 Å². The number of hydrogen-bond acceptors (Lipinski definition) is 7. The van der Waals surface area contributed by atoms with Crippen molar-refractivity contribution in [3.05, 3.63) is 61.3 Å². The summed E-state index contributed by atoms with van der Waals surface area (Å²) in [5.41, 5.74) is 0. The Kier molecular flexibility index (Phi) is 28.4. The van der Waals surface area contributed by atoms with Gasteiger partial charge in [-0.05, 0) is 121 Å². The van der Waals surface area contributed by atoms with Crippen LogP contribution in [0.5, 0.6) is 0 Å². The highest BCUT2D eigenvalue weighted by molar-refractivity contribution is 6.75. The summed E-state index contributed by atoms with van der Waals surface area (Å²) in [5.74, 6) is 0.894. The fraction of sp³-hybridized carbons (Fsp3) is 0.807. The molecule has 0 spiro atoms. The zero-order valence-corrected chi connectivity index (χ0v) is 53.1. The van der Waals surface area contributed by atoms with E-state index < -0.39 is 45.3 Å². The largest absolute Gasteiger partial charge is 0.466 e. The van der Waals surface area contributed by atoms with E-state index in [1.165, 1.54) is 13.2 Å². The van der Waals surface area contributed by atoms with E-state index in [-0.39, 0.29) is 69.1 Å². The van der Waals surface area contributed by atoms with E-state index in [0.29, 0.717) is 12.3 Å². The molecule has 11 heteroatoms. The van der Waals surface area contributed by atoms with Crippen LogP contribution >= 0.6 is 0 Å². The van der Waals surface area contributed by atoms with Gasteiger partial charge < -0.3 is 27.5 Å². The minimum atomic E-state index is -2.17. The maximum Gasteiger partial charge on any atom is 0.330 e. The van der Waals surface area contributed by atoms with Crippen LogP contribution in [0.2, 0.25) is 72.5 Å². The van der Waals surface area contributed by atoms with Crippen molar-refractivity contribution < 1.29 is 32.3 Å². The Labute approximate surface area is 426 Å². The average Bonchev–Trinajstić information content (AvgIpc) is 3.22. The van der Waals surface area contributed by atoms with Crippen LogP contribution < -0.4 is 0 Å². The van der Waals surface area contributed by atoms with E-state index in [0.717, 1.165) is 37.4 Å². The molecule has 0 saturated heterocycles. The summed E-state index contributed by atoms with van der Waals surface area (Å²) in [6, 6.07) is 3.36. The summed E-state index contributed by atoms with van der Waals surface area (Å²) in [5, 5.41) is 11.9. The second-order valence-electron chi connectivity index (χ2n) is 25.4. The van der Waals surface area contributed by atoms with Gasteiger partial charge in [0, 0.05) is 18.4 Å². The Morgan fingerprint density at radius 2 is 1.03 bits per heavy atom. The van der Waals surface area contributed by atoms with E-state index >= 15 is 0 Å². The molecule has 68 heavy (non-hydrogen) atoms. The molecule has 0 aliphatic heterocycles. The zero-order valence-electron chi connectivity index (χ0n) is 49.1. The van der Waals surface area contributed by atoms with Gasteiger partial charge in [0.2, 0.25) is 0 Å². The standard InChI is InChI=1S/C57H112O7Si4/c1-27-31-34-45(7)54(64-68(28-2,29-3)30-4)48(10)50(61-65(21,22)55(11,12)13)40-37-43(5)41-47(9)53(63-67(25,26)57(17,18)19)46(8)38-39-49(58)42-51(62-66(23,24)56(14,15)16)44(6)35-32-33-36-52(59)60-20/h27,31-36,38-39,43-51,53-54,58H,1,28-30,37,40-42H2,2-26H3/b34-31-,35-32+,36-33-,39-38-/t43-,44+,45-,46-,47-,48-,49+,50+,51-,53-,54-/m0/s1. The van der Waals surface area contributed by atoms with Crippen LogP contribution in [0.4, 0.5) is 0 Å². The number of rotatable bonds is 31. The average molecular weight is 1020 g/mol. The predicted molar refractivity (Wildman–Crippen MR) is 307 cm³/mol. The van der Waals surface area contributed by atoms with Gasteiger partial charge in [-0.15, -0.1) is 0 Å². The van der Waals surface area contributed by atoms with E-state index in [9.17, 15) is 9.90 Å². The number of aliphatic hydroxyl groups excluding tert-OH is 1. The SMILES string of the molecule is C=C/C=C\[C@H](C)[C@H](O[Si](CC)(CC)CC)[C@@H](C)[C@@H](CC[C@H](C)C[C@H](C)[C@@H](O[Si](C)(C)C(C)(C)C)[C@@H](C)/C=C\[C@@H](O)C[C@H](O[Si](C)(C)C(C)(C)C)[C@H](C)/C=C/C=C\C(=O)OC)O[Si](C)(C)C(C)(C)C. The van der Waals surface area contributed by atoms with Crippen LogP contribution in [0.1, 0.15) is 150 Å². The molecular formula is C57H112O7Si4. The number of hydrogen-bond donors (Lipinski definition) is 1. The Bertz CT molecular complexity index is 1570. The van der Waals surface area contributed by atoms with Crippen molar-refractivity contribution >= 4 is 39.2 Å². The lowest BCUT2D eigenvalue weighted by Gasteiger charge is -2.45. The number of carbonyl (C=O) groups excluding carboxylic acids is 1. The number of esters is 1. The van der Waals surface area contributed by atoms with E-state index in [4.69, 9.17) is 22.4 Å². The van der Waals surface area contributed by atoms with Gasteiger partial charge in [0.1, 0.15) is 0 Å². The summed E-state index contributed by atoms with van der Waals surface area (Å²) in [6.45, 7) is 59.7. The van der Waals surface area contributed by atoms with Crippen LogP contribution in [0, 0.1) is 35.5 Å². The molecule has 7 nitrogen and oxygen atoms in total. The number of ether oxygens (including phenoxy) is 1. The van der Waals surface area contributed by atoms with Gasteiger partial charge in [-0.3, -0.25) is 0 Å². The monoisotopic (exact) mass is 1020 g/mol. The highest BCUT2D eigenvalue weighted by Gasteiger charge is 2.45. The molecule has 0 radical (unpaired) electrons. The number of aliphatic hydroxyl groups is 1. The first-order chi connectivity index (χ1) is 30.9. The quantitative estimate of drug-likeness (QED) is 0.0243. The third-order valence-corrected chi connectivity index (χ3v) is 34.8. The van der Waals surface area contributed by atoms with Crippen LogP contribution in [-0.4, -0.2) is 82.0 Å². The molecule has 0 rings (SSSR count). The number of allylic oxidation sites excluding steroid dienone is 4. The molecule has 11 atom stereocenters. The normalized spacial score (nSPS) is 19.2. The van der Waals surface area contributed by atoms with Crippen LogP contribution in [0.15, 0.2) is 61.3 Å². The van der Waals surface area contributed by atoms with E-state index in [1.54, 1.807) is 6.08 Å². The molecule has 0 amide bonds. The molecule has 0 aliphatic carbocycles. The van der Waals surface area contributed by atoms with Gasteiger partial charge in [-0.25, -0.2) is 4.79 Å². The molecular weight excluding hydrogens is 909 g/mol. The van der Waals surface area contributed by atoms with Crippen molar-refractivity contribution in [2.45, 2.75) is 253 Å². The van der Waals surface area contributed by atoms with Gasteiger partial charge in [0.25, 0.3) is 0 Å². The molecule has 0 saturated carbocycles. The molecule has 0 heterocycles. The van der Waals surface area contributed by atoms with Crippen molar-refractivity contribution in [2.75, 3.05) is 7.11 Å². The van der Waals surface area contributed by atoms with Gasteiger partial charge >= 0.3 is 5.97 Å². The second-order valence-corrected chi connectivity index (χ2v) is 44.4. The zero-order chi connectivity index (χ0) is 53.3. The lowest BCUT2D eigenvalue weighted by molar-refractivity contribution is -0.134. The maximum absolute atomic E-state index is 11.7. The van der Waals surface area contributed by atoms with Crippen molar-refractivity contribution in [3.63, 3.8) is 0 Å². The molecule has 0 fully saturated rings. The fourth-order valence-electron chi connectivity index (χ4n) is 8.36. The Balaban J connectivity index is 6.88. The lowest BCUT2D eigenvalue weighted by Crippen LogP contribution is -2.51. The molecule has 0 aromatic heterocycles. The summed E-state index contributed by atoms with van der Waals surface area (Å²) >= 11 is 0. The topological polar surface area (TPSA) is 83.5 Å². The van der Waals surface area contributed by atoms with Crippen LogP contribution in [0.3, 0.4) is 0 Å². The summed E-state index contributed by atoms with van der Waals surface area (Å²) in [4.78, 5) is 11.7. The van der Waals surface area contributed by atoms with Gasteiger partial charge in [0.15, 0.2) is 33.3 Å². The number of carbonyl (C=O) groups is 1. The lowest BCUT2D eigenvalue weighted by atomic mass is 9.82. The third kappa shape index (κ3) is 21.9. The first-order valence-corrected chi connectivity index (χ1v) is 38.0. The molecule has 0 bridgehead atoms. The minimum absolute atomic E-state index is 0.00628. The fourth-order valence-corrected chi connectivity index (χ4v) is 15.7. The first-order valence-electron chi connectivity index (χ1n) is 26.7. The van der Waals surface area contributed by atoms with Crippen molar-refractivity contribution in [1.82, 2.24) is 0 Å². The number of methoxy groups -OCH3 is 1. The molecule has 0 unspecified atom stereocenters. The van der Waals surface area contributed by atoms with E-state index in [1.807, 2.05) is 18.2 Å². The van der Waals surface area contributed by atoms with Crippen molar-refractivity contribution in [3.8, 4) is 0 Å². The second kappa shape index (κ2) is 28.9. The van der Waals surface area contributed by atoms with Gasteiger partial charge in [-0.2, -0.15) is 0 Å². The molecule has 0 aliphatic rings. The minimum Gasteiger partial charge on any atom is -0.466 e. The van der Waals surface area contributed by atoms with E-state index in [2.05, 4.69) is 195 Å². The Hall–Kier alpha value is -1.16. The Morgan fingerprint density at radius 3 is 1.49 bits per heavy atom. The smallest absolute Gasteiger partial charge is 0.330 e. The molecule has 0 aromatic carbocycles. The summed E-state index contributed by atoms with van der Waals surface area (Å²) < 4.78 is 34.1. The van der Waals surface area contributed by atoms with Crippen LogP contribution in [0.25, 0.3) is 0 Å². The summed E-state index contributed by atoms with van der Waals surface area (Å²) in [7, 11) is -7.00. The Morgan fingerprint density at radius 1 is 0.574 bits per heavy atom. The highest BCUT2D eigenvalue weighted by Crippen LogP contribution is 2.43. The van der Waals surface area contributed by atoms with Crippen molar-refractivity contribution in [1.29, 1.82) is 0 Å². The van der Waals surface area contributed by atoms with Crippen LogP contribution in [-0.2, 0) is 27.2 Å². The van der Waals surface area contributed by atoms with Gasteiger partial charge in [-0.1, -0.05) is 180 Å². The third-order valence-electron chi connectivity index (χ3n) is 16.7. The predicted octanol–water partition coefficient (Wildman–Crippen LogP) is 16.9. The molecule has 0 aromatic rings. The summed E-state index contributed by atoms with van der Waals surface area (Å²) in [6.07, 6.45) is 20.3.